The summed E-state index contributed by atoms with van der Waals surface area (Å²) >= 11 is 0. The van der Waals surface area contributed by atoms with E-state index in [0.29, 0.717) is 12.0 Å². The Balaban J connectivity index is 4.30. The second-order valence-corrected chi connectivity index (χ2v) is 3.51. The molecule has 0 aromatic carbocycles. The first kappa shape index (κ1) is 14.3. The Kier molecular flexibility index (Phi) is 6.07. The molecule has 1 atom stereocenters. The molecule has 0 saturated heterocycles. The van der Waals surface area contributed by atoms with Gasteiger partial charge >= 0.3 is 5.97 Å². The first-order valence-corrected chi connectivity index (χ1v) is 4.98. The molecule has 90 valence electrons. The third kappa shape index (κ3) is 4.25. The monoisotopic (exact) mass is 227 g/mol. The maximum Gasteiger partial charge on any atom is 0.333 e. The lowest BCUT2D eigenvalue weighted by Gasteiger charge is -2.24. The molecule has 0 aromatic rings. The SMILES string of the molecule is C=C(C)C(=O)OCC(CC)N(C)C(=O)C=O. The van der Waals surface area contributed by atoms with Crippen LogP contribution in [0.5, 0.6) is 0 Å². The lowest BCUT2D eigenvalue weighted by Crippen LogP contribution is -2.40. The van der Waals surface area contributed by atoms with Gasteiger partial charge in [0.2, 0.25) is 6.29 Å². The summed E-state index contributed by atoms with van der Waals surface area (Å²) in [7, 11) is 1.50. The minimum Gasteiger partial charge on any atom is -0.460 e. The zero-order chi connectivity index (χ0) is 12.7. The van der Waals surface area contributed by atoms with Crippen molar-refractivity contribution in [3.63, 3.8) is 0 Å². The number of hydrogen-bond acceptors (Lipinski definition) is 4. The number of carbonyl (C=O) groups is 3. The first-order chi connectivity index (χ1) is 7.43. The van der Waals surface area contributed by atoms with Crippen molar-refractivity contribution in [3.05, 3.63) is 12.2 Å². The largest absolute Gasteiger partial charge is 0.460 e. The standard InChI is InChI=1S/C11H17NO4/c1-5-9(12(4)10(14)6-13)7-16-11(15)8(2)3/h6,9H,2,5,7H2,1,3-4H3. The summed E-state index contributed by atoms with van der Waals surface area (Å²) < 4.78 is 4.92. The van der Waals surface area contributed by atoms with Crippen molar-refractivity contribution < 1.29 is 19.1 Å². The van der Waals surface area contributed by atoms with Gasteiger partial charge in [0.05, 0.1) is 6.04 Å². The summed E-state index contributed by atoms with van der Waals surface area (Å²) in [5.41, 5.74) is 0.305. The van der Waals surface area contributed by atoms with E-state index in [1.54, 1.807) is 6.92 Å². The van der Waals surface area contributed by atoms with E-state index in [-0.39, 0.29) is 18.9 Å². The van der Waals surface area contributed by atoms with E-state index in [2.05, 4.69) is 6.58 Å². The second-order valence-electron chi connectivity index (χ2n) is 3.51. The zero-order valence-electron chi connectivity index (χ0n) is 9.86. The Hall–Kier alpha value is -1.65. The molecule has 0 fully saturated rings. The van der Waals surface area contributed by atoms with Crippen LogP contribution in [-0.4, -0.2) is 42.8 Å². The van der Waals surface area contributed by atoms with Crippen LogP contribution in [0.15, 0.2) is 12.2 Å². The number of hydrogen-bond donors (Lipinski definition) is 0. The molecule has 0 aliphatic carbocycles. The summed E-state index contributed by atoms with van der Waals surface area (Å²) in [6.45, 7) is 6.90. The summed E-state index contributed by atoms with van der Waals surface area (Å²) in [6.07, 6.45) is 0.836. The van der Waals surface area contributed by atoms with Gasteiger partial charge in [-0.05, 0) is 13.3 Å². The molecule has 0 rings (SSSR count). The number of amides is 1. The Morgan fingerprint density at radius 2 is 2.06 bits per heavy atom. The predicted molar refractivity (Wildman–Crippen MR) is 58.7 cm³/mol. The maximum absolute atomic E-state index is 11.1. The number of likely N-dealkylation sites (N-methyl/N-ethyl adjacent to an activating group) is 1. The smallest absolute Gasteiger partial charge is 0.333 e. The Morgan fingerprint density at radius 3 is 2.44 bits per heavy atom. The van der Waals surface area contributed by atoms with Gasteiger partial charge in [0, 0.05) is 12.6 Å². The fraction of sp³-hybridized carbons (Fsp3) is 0.545. The van der Waals surface area contributed by atoms with Gasteiger partial charge in [-0.3, -0.25) is 9.59 Å². The van der Waals surface area contributed by atoms with Crippen molar-refractivity contribution in [2.24, 2.45) is 0 Å². The van der Waals surface area contributed by atoms with Crippen LogP contribution in [0.4, 0.5) is 0 Å². The van der Waals surface area contributed by atoms with Crippen molar-refractivity contribution in [2.75, 3.05) is 13.7 Å². The minimum atomic E-state index is -0.627. The third-order valence-corrected chi connectivity index (χ3v) is 2.22. The van der Waals surface area contributed by atoms with Crippen LogP contribution in [0.3, 0.4) is 0 Å². The van der Waals surface area contributed by atoms with Gasteiger partial charge < -0.3 is 9.64 Å². The molecule has 1 amide bonds. The maximum atomic E-state index is 11.1. The number of esters is 1. The van der Waals surface area contributed by atoms with Gasteiger partial charge in [-0.15, -0.1) is 0 Å². The van der Waals surface area contributed by atoms with Crippen molar-refractivity contribution in [1.29, 1.82) is 0 Å². The molecule has 0 aliphatic rings. The highest BCUT2D eigenvalue weighted by Gasteiger charge is 2.19. The fourth-order valence-electron chi connectivity index (χ4n) is 1.06. The summed E-state index contributed by atoms with van der Waals surface area (Å²) in [6, 6.07) is -0.291. The van der Waals surface area contributed by atoms with Crippen LogP contribution >= 0.6 is 0 Å². The molecule has 0 bridgehead atoms. The highest BCUT2D eigenvalue weighted by molar-refractivity contribution is 6.23. The first-order valence-electron chi connectivity index (χ1n) is 4.98. The average molecular weight is 227 g/mol. The molecule has 0 aliphatic heterocycles. The van der Waals surface area contributed by atoms with Gasteiger partial charge in [0.15, 0.2) is 0 Å². The quantitative estimate of drug-likeness (QED) is 0.287. The van der Waals surface area contributed by atoms with Crippen molar-refractivity contribution >= 4 is 18.2 Å². The van der Waals surface area contributed by atoms with Gasteiger partial charge in [0.1, 0.15) is 6.61 Å². The Morgan fingerprint density at radius 1 is 1.50 bits per heavy atom. The van der Waals surface area contributed by atoms with Gasteiger partial charge in [0.25, 0.3) is 5.91 Å². The van der Waals surface area contributed by atoms with E-state index in [9.17, 15) is 14.4 Å². The summed E-state index contributed by atoms with van der Waals surface area (Å²) in [5.74, 6) is -1.12. The molecule has 0 radical (unpaired) electrons. The molecular weight excluding hydrogens is 210 g/mol. The summed E-state index contributed by atoms with van der Waals surface area (Å²) in [4.78, 5) is 33.8. The molecule has 5 nitrogen and oxygen atoms in total. The van der Waals surface area contributed by atoms with E-state index < -0.39 is 11.9 Å². The number of carbonyl (C=O) groups excluding carboxylic acids is 3. The normalized spacial score (nSPS) is 11.4. The molecule has 5 heteroatoms. The van der Waals surface area contributed by atoms with Crippen LogP contribution in [0.25, 0.3) is 0 Å². The van der Waals surface area contributed by atoms with E-state index in [1.807, 2.05) is 6.92 Å². The second kappa shape index (κ2) is 6.76. The molecule has 0 spiro atoms. The molecule has 0 N–H and O–H groups in total. The fourth-order valence-corrected chi connectivity index (χ4v) is 1.06. The highest BCUT2D eigenvalue weighted by Crippen LogP contribution is 2.04. The van der Waals surface area contributed by atoms with Crippen LogP contribution in [-0.2, 0) is 19.1 Å². The van der Waals surface area contributed by atoms with E-state index in [1.165, 1.54) is 11.9 Å². The van der Waals surface area contributed by atoms with Crippen LogP contribution in [0.2, 0.25) is 0 Å². The van der Waals surface area contributed by atoms with Crippen molar-refractivity contribution in [2.45, 2.75) is 26.3 Å². The van der Waals surface area contributed by atoms with Gasteiger partial charge in [-0.1, -0.05) is 13.5 Å². The lowest BCUT2D eigenvalue weighted by molar-refractivity contribution is -0.145. The van der Waals surface area contributed by atoms with E-state index >= 15 is 0 Å². The Labute approximate surface area is 95.1 Å². The van der Waals surface area contributed by atoms with Gasteiger partial charge in [-0.25, -0.2) is 4.79 Å². The molecule has 0 heterocycles. The molecule has 1 unspecified atom stereocenters. The molecule has 16 heavy (non-hydrogen) atoms. The lowest BCUT2D eigenvalue weighted by atomic mass is 10.2. The summed E-state index contributed by atoms with van der Waals surface area (Å²) in [5, 5.41) is 0. The Bertz CT molecular complexity index is 298. The van der Waals surface area contributed by atoms with Gasteiger partial charge in [-0.2, -0.15) is 0 Å². The van der Waals surface area contributed by atoms with Crippen LogP contribution in [0.1, 0.15) is 20.3 Å². The number of aldehydes is 1. The van der Waals surface area contributed by atoms with E-state index in [0.717, 1.165) is 0 Å². The number of nitrogens with zero attached hydrogens (tertiary/aromatic N) is 1. The van der Waals surface area contributed by atoms with E-state index in [4.69, 9.17) is 4.74 Å². The van der Waals surface area contributed by atoms with Crippen LogP contribution < -0.4 is 0 Å². The number of ether oxygens (including phenoxy) is 1. The topological polar surface area (TPSA) is 63.7 Å². The zero-order valence-corrected chi connectivity index (χ0v) is 9.86. The molecule has 0 aromatic heterocycles. The predicted octanol–water partition coefficient (Wildman–Crippen LogP) is 0.542. The number of rotatable bonds is 6. The molecule has 0 saturated carbocycles. The van der Waals surface area contributed by atoms with Crippen LogP contribution in [0, 0.1) is 0 Å². The minimum absolute atomic E-state index is 0.0677. The molecular formula is C11H17NO4. The average Bonchev–Trinajstić information content (AvgIpc) is 2.27. The van der Waals surface area contributed by atoms with Crippen molar-refractivity contribution in [3.8, 4) is 0 Å². The van der Waals surface area contributed by atoms with Crippen molar-refractivity contribution in [1.82, 2.24) is 4.90 Å². The third-order valence-electron chi connectivity index (χ3n) is 2.22. The highest BCUT2D eigenvalue weighted by atomic mass is 16.5.